The van der Waals surface area contributed by atoms with E-state index in [2.05, 4.69) is 5.32 Å². The fourth-order valence-electron chi connectivity index (χ4n) is 2.56. The number of fused-ring (bicyclic) bond motifs is 1. The summed E-state index contributed by atoms with van der Waals surface area (Å²) in [5.74, 6) is -0.160. The molecule has 1 unspecified atom stereocenters. The van der Waals surface area contributed by atoms with Crippen molar-refractivity contribution in [3.63, 3.8) is 0 Å². The molecule has 3 rings (SSSR count). The van der Waals surface area contributed by atoms with Crippen molar-refractivity contribution in [1.29, 1.82) is 0 Å². The third-order valence-electron chi connectivity index (χ3n) is 3.69. The third-order valence-corrected chi connectivity index (χ3v) is 3.69. The zero-order chi connectivity index (χ0) is 17.3. The minimum atomic E-state index is -0.656. The number of nitrogens with zero attached hydrogens (tertiary/aromatic N) is 1. The van der Waals surface area contributed by atoms with Crippen LogP contribution in [0.4, 0.5) is 11.4 Å². The lowest BCUT2D eigenvalue weighted by atomic mass is 10.1. The van der Waals surface area contributed by atoms with Crippen molar-refractivity contribution in [1.82, 2.24) is 0 Å². The molecule has 0 amide bonds. The SMILES string of the molecule is CC(Nc1cccc([N+](=O)[O-])c1)c1c(O)c2ccccc2oc1=O. The van der Waals surface area contributed by atoms with Crippen LogP contribution in [-0.2, 0) is 0 Å². The van der Waals surface area contributed by atoms with Gasteiger partial charge in [0.15, 0.2) is 0 Å². The Morgan fingerprint density at radius 3 is 2.71 bits per heavy atom. The standard InChI is InChI=1S/C17H14N2O5/c1-10(18-11-5-4-6-12(9-11)19(22)23)15-16(20)13-7-2-3-8-14(13)24-17(15)21/h2-10,18,20H,1H3. The molecule has 3 aromatic rings. The molecule has 7 nitrogen and oxygen atoms in total. The number of nitro benzene ring substituents is 1. The van der Waals surface area contributed by atoms with Crippen LogP contribution in [-0.4, -0.2) is 10.0 Å². The molecule has 0 saturated heterocycles. The molecule has 0 radical (unpaired) electrons. The number of nitro groups is 1. The highest BCUT2D eigenvalue weighted by atomic mass is 16.6. The number of nitrogens with one attached hydrogen (secondary N) is 1. The highest BCUT2D eigenvalue weighted by Crippen LogP contribution is 2.31. The van der Waals surface area contributed by atoms with Gasteiger partial charge in [0.25, 0.3) is 5.69 Å². The van der Waals surface area contributed by atoms with Crippen molar-refractivity contribution < 1.29 is 14.4 Å². The number of non-ortho nitro benzene ring substituents is 1. The normalized spacial score (nSPS) is 12.0. The van der Waals surface area contributed by atoms with Gasteiger partial charge in [-0.1, -0.05) is 18.2 Å². The zero-order valence-corrected chi connectivity index (χ0v) is 12.7. The van der Waals surface area contributed by atoms with Gasteiger partial charge in [0.05, 0.1) is 16.4 Å². The van der Waals surface area contributed by atoms with Gasteiger partial charge in [-0.25, -0.2) is 4.79 Å². The highest BCUT2D eigenvalue weighted by Gasteiger charge is 2.20. The van der Waals surface area contributed by atoms with E-state index in [1.807, 2.05) is 0 Å². The van der Waals surface area contributed by atoms with Crippen LogP contribution in [0.25, 0.3) is 11.0 Å². The summed E-state index contributed by atoms with van der Waals surface area (Å²) < 4.78 is 5.23. The Bertz CT molecular complexity index is 980. The maximum absolute atomic E-state index is 12.2. The molecule has 0 fully saturated rings. The molecule has 7 heteroatoms. The lowest BCUT2D eigenvalue weighted by Gasteiger charge is -2.16. The largest absolute Gasteiger partial charge is 0.507 e. The molecule has 0 aliphatic heterocycles. The molecule has 1 aromatic heterocycles. The van der Waals surface area contributed by atoms with Crippen molar-refractivity contribution in [2.75, 3.05) is 5.32 Å². The van der Waals surface area contributed by atoms with E-state index in [9.17, 15) is 20.0 Å². The fourth-order valence-corrected chi connectivity index (χ4v) is 2.56. The number of hydrogen-bond acceptors (Lipinski definition) is 6. The number of para-hydroxylation sites is 1. The second kappa shape index (κ2) is 6.04. The van der Waals surface area contributed by atoms with Crippen molar-refractivity contribution in [3.8, 4) is 5.75 Å². The Morgan fingerprint density at radius 1 is 1.21 bits per heavy atom. The minimum absolute atomic E-state index is 0.0676. The summed E-state index contributed by atoms with van der Waals surface area (Å²) in [6.07, 6.45) is 0. The van der Waals surface area contributed by atoms with Gasteiger partial charge >= 0.3 is 5.63 Å². The molecule has 24 heavy (non-hydrogen) atoms. The maximum Gasteiger partial charge on any atom is 0.345 e. The first kappa shape index (κ1) is 15.5. The lowest BCUT2D eigenvalue weighted by molar-refractivity contribution is -0.384. The number of hydrogen-bond donors (Lipinski definition) is 2. The van der Waals surface area contributed by atoms with E-state index >= 15 is 0 Å². The van der Waals surface area contributed by atoms with Gasteiger partial charge in [0.2, 0.25) is 0 Å². The van der Waals surface area contributed by atoms with Crippen LogP contribution >= 0.6 is 0 Å². The molecule has 1 heterocycles. The second-order valence-electron chi connectivity index (χ2n) is 5.32. The summed E-state index contributed by atoms with van der Waals surface area (Å²) in [5, 5.41) is 24.7. The van der Waals surface area contributed by atoms with Gasteiger partial charge in [0, 0.05) is 17.8 Å². The van der Waals surface area contributed by atoms with Crippen LogP contribution in [0.1, 0.15) is 18.5 Å². The summed E-state index contributed by atoms with van der Waals surface area (Å²) in [6, 6.07) is 12.0. The molecule has 0 saturated carbocycles. The average molecular weight is 326 g/mol. The highest BCUT2D eigenvalue weighted by molar-refractivity contribution is 5.84. The molecular weight excluding hydrogens is 312 g/mol. The molecule has 0 aliphatic rings. The van der Waals surface area contributed by atoms with E-state index < -0.39 is 16.6 Å². The third kappa shape index (κ3) is 2.79. The number of anilines is 1. The van der Waals surface area contributed by atoms with E-state index in [1.165, 1.54) is 18.2 Å². The van der Waals surface area contributed by atoms with Gasteiger partial charge < -0.3 is 14.8 Å². The van der Waals surface area contributed by atoms with Gasteiger partial charge in [-0.15, -0.1) is 0 Å². The van der Waals surface area contributed by atoms with Crippen LogP contribution in [0, 0.1) is 10.1 Å². The Kier molecular flexibility index (Phi) is 3.91. The Hall–Kier alpha value is -3.35. The Morgan fingerprint density at radius 2 is 1.96 bits per heavy atom. The number of aromatic hydroxyl groups is 1. The molecule has 1 atom stereocenters. The van der Waals surface area contributed by atoms with E-state index in [-0.39, 0.29) is 17.0 Å². The molecule has 2 N–H and O–H groups in total. The van der Waals surface area contributed by atoms with Crippen molar-refractivity contribution in [3.05, 3.63) is 74.6 Å². The summed E-state index contributed by atoms with van der Waals surface area (Å²) >= 11 is 0. The van der Waals surface area contributed by atoms with Crippen molar-refractivity contribution in [2.24, 2.45) is 0 Å². The van der Waals surface area contributed by atoms with Crippen LogP contribution < -0.4 is 10.9 Å². The van der Waals surface area contributed by atoms with Crippen LogP contribution in [0.15, 0.2) is 57.7 Å². The topological polar surface area (TPSA) is 106 Å². The van der Waals surface area contributed by atoms with E-state index in [0.717, 1.165) is 0 Å². The van der Waals surface area contributed by atoms with E-state index in [0.29, 0.717) is 16.7 Å². The quantitative estimate of drug-likeness (QED) is 0.431. The molecular formula is C17H14N2O5. The van der Waals surface area contributed by atoms with Crippen LogP contribution in [0.5, 0.6) is 5.75 Å². The zero-order valence-electron chi connectivity index (χ0n) is 12.7. The first-order chi connectivity index (χ1) is 11.5. The predicted octanol–water partition coefficient (Wildman–Crippen LogP) is 3.58. The molecule has 122 valence electrons. The van der Waals surface area contributed by atoms with Crippen LogP contribution in [0.2, 0.25) is 0 Å². The first-order valence-electron chi connectivity index (χ1n) is 7.23. The second-order valence-corrected chi connectivity index (χ2v) is 5.32. The monoisotopic (exact) mass is 326 g/mol. The molecule has 0 bridgehead atoms. The van der Waals surface area contributed by atoms with Gasteiger partial charge in [-0.05, 0) is 25.1 Å². The summed E-state index contributed by atoms with van der Waals surface area (Å²) in [7, 11) is 0. The molecule has 0 aliphatic carbocycles. The number of rotatable bonds is 4. The first-order valence-corrected chi connectivity index (χ1v) is 7.23. The van der Waals surface area contributed by atoms with Crippen molar-refractivity contribution >= 4 is 22.3 Å². The Labute approximate surface area is 136 Å². The number of benzene rings is 2. The summed E-state index contributed by atoms with van der Waals surface area (Å²) in [4.78, 5) is 22.5. The van der Waals surface area contributed by atoms with Crippen LogP contribution in [0.3, 0.4) is 0 Å². The maximum atomic E-state index is 12.2. The molecule has 2 aromatic carbocycles. The average Bonchev–Trinajstić information content (AvgIpc) is 2.55. The smallest absolute Gasteiger partial charge is 0.345 e. The van der Waals surface area contributed by atoms with Gasteiger partial charge in [0.1, 0.15) is 16.9 Å². The minimum Gasteiger partial charge on any atom is -0.507 e. The molecule has 0 spiro atoms. The van der Waals surface area contributed by atoms with E-state index in [4.69, 9.17) is 4.42 Å². The summed E-state index contributed by atoms with van der Waals surface area (Å²) in [6.45, 7) is 1.67. The Balaban J connectivity index is 2.00. The van der Waals surface area contributed by atoms with Gasteiger partial charge in [-0.3, -0.25) is 10.1 Å². The lowest BCUT2D eigenvalue weighted by Crippen LogP contribution is -2.17. The predicted molar refractivity (Wildman–Crippen MR) is 89.3 cm³/mol. The summed E-state index contributed by atoms with van der Waals surface area (Å²) in [5.41, 5.74) is 0.105. The van der Waals surface area contributed by atoms with Gasteiger partial charge in [-0.2, -0.15) is 0 Å². The fraction of sp³-hybridized carbons (Fsp3) is 0.118. The van der Waals surface area contributed by atoms with Crippen molar-refractivity contribution in [2.45, 2.75) is 13.0 Å². The van der Waals surface area contributed by atoms with E-state index in [1.54, 1.807) is 37.3 Å².